The molecule has 7 heteroatoms. The van der Waals surface area contributed by atoms with Crippen LogP contribution in [0.2, 0.25) is 0 Å². The zero-order valence-electron chi connectivity index (χ0n) is 10.5. The van der Waals surface area contributed by atoms with Crippen LogP contribution in [0.1, 0.15) is 12.5 Å². The van der Waals surface area contributed by atoms with Crippen molar-refractivity contribution in [1.29, 1.82) is 0 Å². The molecular weight excluding hydrogens is 270 g/mol. The van der Waals surface area contributed by atoms with Crippen molar-refractivity contribution in [2.24, 2.45) is 0 Å². The molecule has 0 saturated carbocycles. The zero-order chi connectivity index (χ0) is 13.3. The van der Waals surface area contributed by atoms with Crippen LogP contribution in [0.3, 0.4) is 0 Å². The van der Waals surface area contributed by atoms with Crippen LogP contribution in [0.15, 0.2) is 11.7 Å². The Bertz CT molecular complexity index is 664. The number of nitrogens with zero attached hydrogens (tertiary/aromatic N) is 2. The lowest BCUT2D eigenvalue weighted by Gasteiger charge is -2.13. The number of hydrogen-bond donors (Lipinski definition) is 1. The van der Waals surface area contributed by atoms with Crippen molar-refractivity contribution in [2.45, 2.75) is 19.9 Å². The van der Waals surface area contributed by atoms with E-state index in [4.69, 9.17) is 0 Å². The summed E-state index contributed by atoms with van der Waals surface area (Å²) >= 11 is 1.56. The molecule has 0 aromatic carbocycles. The third-order valence-corrected chi connectivity index (χ3v) is 4.67. The Kier molecular flexibility index (Phi) is 3.54. The third kappa shape index (κ3) is 2.97. The number of sulfone groups is 1. The molecule has 0 aliphatic heterocycles. The molecule has 1 atom stereocenters. The Morgan fingerprint density at radius 2 is 2.17 bits per heavy atom. The molecule has 1 N–H and O–H groups in total. The summed E-state index contributed by atoms with van der Waals surface area (Å²) in [5.41, 5.74) is 2.03. The summed E-state index contributed by atoms with van der Waals surface area (Å²) in [5, 5.41) is 5.15. The lowest BCUT2D eigenvalue weighted by Crippen LogP contribution is -2.25. The van der Waals surface area contributed by atoms with Gasteiger partial charge in [0.1, 0.15) is 22.0 Å². The maximum absolute atomic E-state index is 11.2. The maximum atomic E-state index is 11.2. The predicted octanol–water partition coefficient (Wildman–Crippen LogP) is 1.84. The monoisotopic (exact) mass is 285 g/mol. The van der Waals surface area contributed by atoms with Gasteiger partial charge in [0.25, 0.3) is 0 Å². The molecule has 2 aromatic heterocycles. The van der Waals surface area contributed by atoms with Crippen LogP contribution < -0.4 is 5.32 Å². The number of rotatable bonds is 4. The lowest BCUT2D eigenvalue weighted by atomic mass is 10.3. The molecule has 0 radical (unpaired) electrons. The molecule has 5 nitrogen and oxygen atoms in total. The van der Waals surface area contributed by atoms with Gasteiger partial charge in [-0.25, -0.2) is 18.4 Å². The van der Waals surface area contributed by atoms with Gasteiger partial charge in [0.05, 0.1) is 16.0 Å². The van der Waals surface area contributed by atoms with E-state index in [0.29, 0.717) is 5.82 Å². The van der Waals surface area contributed by atoms with Crippen LogP contribution in [0.5, 0.6) is 0 Å². The highest BCUT2D eigenvalue weighted by Gasteiger charge is 2.14. The van der Waals surface area contributed by atoms with E-state index >= 15 is 0 Å². The van der Waals surface area contributed by atoms with Gasteiger partial charge in [-0.3, -0.25) is 0 Å². The van der Waals surface area contributed by atoms with Gasteiger partial charge in [0, 0.05) is 12.3 Å². The quantitative estimate of drug-likeness (QED) is 0.928. The normalized spacial score (nSPS) is 13.7. The maximum Gasteiger partial charge on any atom is 0.149 e. The first-order chi connectivity index (χ1) is 8.37. The summed E-state index contributed by atoms with van der Waals surface area (Å²) in [4.78, 5) is 8.41. The molecular formula is C11H15N3O2S2. The average molecular weight is 285 g/mol. The van der Waals surface area contributed by atoms with Gasteiger partial charge >= 0.3 is 0 Å². The zero-order valence-corrected chi connectivity index (χ0v) is 12.1. The van der Waals surface area contributed by atoms with Gasteiger partial charge in [-0.15, -0.1) is 11.3 Å². The number of thiophene rings is 1. The summed E-state index contributed by atoms with van der Waals surface area (Å²) in [6.07, 6.45) is 2.73. The lowest BCUT2D eigenvalue weighted by molar-refractivity contribution is 0.598. The highest BCUT2D eigenvalue weighted by Crippen LogP contribution is 2.28. The van der Waals surface area contributed by atoms with Gasteiger partial charge < -0.3 is 5.32 Å². The summed E-state index contributed by atoms with van der Waals surface area (Å²) in [7, 11) is -2.99. The predicted molar refractivity (Wildman–Crippen MR) is 74.9 cm³/mol. The smallest absolute Gasteiger partial charge is 0.149 e. The second-order valence-corrected chi connectivity index (χ2v) is 7.52. The molecule has 0 aliphatic rings. The summed E-state index contributed by atoms with van der Waals surface area (Å²) in [6.45, 7) is 3.82. The summed E-state index contributed by atoms with van der Waals surface area (Å²) in [6, 6.07) is -0.180. The Morgan fingerprint density at radius 1 is 1.44 bits per heavy atom. The van der Waals surface area contributed by atoms with E-state index in [1.807, 2.05) is 19.2 Å². The van der Waals surface area contributed by atoms with Crippen LogP contribution in [0.25, 0.3) is 10.2 Å². The molecule has 2 aromatic rings. The molecule has 0 aliphatic carbocycles. The van der Waals surface area contributed by atoms with E-state index in [1.54, 1.807) is 11.3 Å². The number of hydrogen-bond acceptors (Lipinski definition) is 6. The number of aromatic nitrogens is 2. The van der Waals surface area contributed by atoms with Crippen molar-refractivity contribution in [3.05, 3.63) is 17.3 Å². The van der Waals surface area contributed by atoms with Crippen LogP contribution in [0.4, 0.5) is 5.82 Å². The third-order valence-electron chi connectivity index (χ3n) is 2.47. The molecule has 18 heavy (non-hydrogen) atoms. The van der Waals surface area contributed by atoms with Crippen LogP contribution in [-0.2, 0) is 9.84 Å². The molecule has 0 fully saturated rings. The standard InChI is InChI=1S/C11H15N3O2S2/c1-7-4-17-10-9(7)12-6-13-11(10)14-8(2)5-18(3,15)16/h4,6,8H,5H2,1-3H3,(H,12,13,14). The number of nitrogens with one attached hydrogen (secondary N) is 1. The van der Waals surface area contributed by atoms with E-state index in [-0.39, 0.29) is 11.8 Å². The first kappa shape index (κ1) is 13.2. The van der Waals surface area contributed by atoms with E-state index in [0.717, 1.165) is 15.8 Å². The van der Waals surface area contributed by atoms with Crippen LogP contribution in [0, 0.1) is 6.92 Å². The minimum absolute atomic E-state index is 0.0862. The Balaban J connectivity index is 2.27. The van der Waals surface area contributed by atoms with E-state index in [1.165, 1.54) is 12.6 Å². The van der Waals surface area contributed by atoms with Crippen molar-refractivity contribution in [2.75, 3.05) is 17.3 Å². The highest BCUT2D eigenvalue weighted by molar-refractivity contribution is 7.90. The van der Waals surface area contributed by atoms with Crippen LogP contribution >= 0.6 is 11.3 Å². The topological polar surface area (TPSA) is 72.0 Å². The molecule has 2 rings (SSSR count). The van der Waals surface area contributed by atoms with Crippen molar-refractivity contribution in [1.82, 2.24) is 9.97 Å². The largest absolute Gasteiger partial charge is 0.365 e. The van der Waals surface area contributed by atoms with Gasteiger partial charge in [0.2, 0.25) is 0 Å². The van der Waals surface area contributed by atoms with Crippen molar-refractivity contribution >= 4 is 37.2 Å². The SMILES string of the molecule is Cc1csc2c(NC(C)CS(C)(=O)=O)ncnc12. The fraction of sp³-hybridized carbons (Fsp3) is 0.455. The Labute approximate surface area is 110 Å². The first-order valence-electron chi connectivity index (χ1n) is 5.50. The Hall–Kier alpha value is -1.21. The van der Waals surface area contributed by atoms with Crippen LogP contribution in [-0.4, -0.2) is 36.4 Å². The van der Waals surface area contributed by atoms with Crippen molar-refractivity contribution in [3.63, 3.8) is 0 Å². The minimum atomic E-state index is -2.99. The fourth-order valence-electron chi connectivity index (χ4n) is 1.80. The summed E-state index contributed by atoms with van der Waals surface area (Å²) in [5.74, 6) is 0.789. The van der Waals surface area contributed by atoms with Crippen molar-refractivity contribution in [3.8, 4) is 0 Å². The molecule has 98 valence electrons. The van der Waals surface area contributed by atoms with E-state index in [9.17, 15) is 8.42 Å². The number of anilines is 1. The molecule has 0 bridgehead atoms. The highest BCUT2D eigenvalue weighted by atomic mass is 32.2. The second kappa shape index (κ2) is 4.81. The number of aryl methyl sites for hydroxylation is 1. The van der Waals surface area contributed by atoms with Crippen molar-refractivity contribution < 1.29 is 8.42 Å². The molecule has 2 heterocycles. The summed E-state index contributed by atoms with van der Waals surface area (Å²) < 4.78 is 23.4. The van der Waals surface area contributed by atoms with Gasteiger partial charge in [-0.1, -0.05) is 0 Å². The molecule has 1 unspecified atom stereocenters. The minimum Gasteiger partial charge on any atom is -0.365 e. The fourth-order valence-corrected chi connectivity index (χ4v) is 3.75. The second-order valence-electron chi connectivity index (χ2n) is 4.46. The molecule has 0 saturated heterocycles. The van der Waals surface area contributed by atoms with Gasteiger partial charge in [-0.05, 0) is 24.8 Å². The Morgan fingerprint density at radius 3 is 2.83 bits per heavy atom. The van der Waals surface area contributed by atoms with Gasteiger partial charge in [-0.2, -0.15) is 0 Å². The van der Waals surface area contributed by atoms with Gasteiger partial charge in [0.15, 0.2) is 0 Å². The number of fused-ring (bicyclic) bond motifs is 1. The average Bonchev–Trinajstić information content (AvgIpc) is 2.59. The van der Waals surface area contributed by atoms with E-state index in [2.05, 4.69) is 15.3 Å². The molecule has 0 amide bonds. The molecule has 0 spiro atoms. The van der Waals surface area contributed by atoms with E-state index < -0.39 is 9.84 Å². The first-order valence-corrected chi connectivity index (χ1v) is 8.44.